The number of benzene rings is 3. The van der Waals surface area contributed by atoms with Crippen molar-refractivity contribution in [3.8, 4) is 5.75 Å². The number of nitrogens with zero attached hydrogens (tertiary/aromatic N) is 2. The van der Waals surface area contributed by atoms with Crippen LogP contribution in [0.4, 0.5) is 11.4 Å². The summed E-state index contributed by atoms with van der Waals surface area (Å²) < 4.78 is 13.6. The van der Waals surface area contributed by atoms with Crippen LogP contribution in [0, 0.1) is 5.92 Å². The van der Waals surface area contributed by atoms with Crippen LogP contribution < -0.4 is 19.9 Å². The van der Waals surface area contributed by atoms with Gasteiger partial charge in [0.15, 0.2) is 6.61 Å². The van der Waals surface area contributed by atoms with Crippen LogP contribution in [-0.4, -0.2) is 57.8 Å². The van der Waals surface area contributed by atoms with Crippen LogP contribution in [0.25, 0.3) is 20.2 Å². The molecule has 1 aromatic heterocycles. The van der Waals surface area contributed by atoms with Gasteiger partial charge in [-0.25, -0.2) is 0 Å². The standard InChI is InChI=1S/C33H35N3O4S/c1-39-16-4-15-35-28-18-23(10-11-29(28)40-20-32(35)37)36(22-8-9-22)33(38)27-19-34-14-13-24(27)21-7-12-31-26(17-21)25-5-2-3-6-30(25)41-31/h2-3,5-7,10-12,17-18,22,24,27,34H,4,8-9,13-16,19-20H2,1H3/t24-,27+/m1/s1. The summed E-state index contributed by atoms with van der Waals surface area (Å²) >= 11 is 1.82. The summed E-state index contributed by atoms with van der Waals surface area (Å²) in [5.41, 5.74) is 2.82. The lowest BCUT2D eigenvalue weighted by molar-refractivity contribution is -0.123. The molecule has 41 heavy (non-hydrogen) atoms. The number of rotatable bonds is 8. The van der Waals surface area contributed by atoms with Crippen molar-refractivity contribution in [3.05, 3.63) is 66.2 Å². The van der Waals surface area contributed by atoms with Crippen molar-refractivity contribution >= 4 is 54.7 Å². The molecule has 0 unspecified atom stereocenters. The van der Waals surface area contributed by atoms with Crippen molar-refractivity contribution in [3.63, 3.8) is 0 Å². The smallest absolute Gasteiger partial charge is 0.265 e. The minimum Gasteiger partial charge on any atom is -0.482 e. The van der Waals surface area contributed by atoms with E-state index in [4.69, 9.17) is 9.47 Å². The Morgan fingerprint density at radius 1 is 1.07 bits per heavy atom. The quantitative estimate of drug-likeness (QED) is 0.276. The van der Waals surface area contributed by atoms with Crippen molar-refractivity contribution < 1.29 is 19.1 Å². The summed E-state index contributed by atoms with van der Waals surface area (Å²) in [6.45, 7) is 2.72. The summed E-state index contributed by atoms with van der Waals surface area (Å²) in [6.07, 6.45) is 3.64. The molecule has 0 bridgehead atoms. The van der Waals surface area contributed by atoms with Gasteiger partial charge in [-0.1, -0.05) is 24.3 Å². The van der Waals surface area contributed by atoms with E-state index < -0.39 is 0 Å². The zero-order valence-corrected chi connectivity index (χ0v) is 24.1. The third kappa shape index (κ3) is 4.98. The fraction of sp³-hybridized carbons (Fsp3) is 0.394. The van der Waals surface area contributed by atoms with Gasteiger partial charge in [0.2, 0.25) is 5.91 Å². The first kappa shape index (κ1) is 26.4. The molecule has 7 nitrogen and oxygen atoms in total. The number of thiophene rings is 1. The Balaban J connectivity index is 1.21. The van der Waals surface area contributed by atoms with Gasteiger partial charge in [-0.2, -0.15) is 0 Å². The van der Waals surface area contributed by atoms with Gasteiger partial charge >= 0.3 is 0 Å². The molecule has 8 heteroatoms. The average Bonchev–Trinajstić information content (AvgIpc) is 3.77. The van der Waals surface area contributed by atoms with Crippen molar-refractivity contribution in [1.82, 2.24) is 5.32 Å². The van der Waals surface area contributed by atoms with Crippen LogP contribution in [0.1, 0.15) is 37.2 Å². The van der Waals surface area contributed by atoms with Crippen LogP contribution in [-0.2, 0) is 14.3 Å². The first-order valence-corrected chi connectivity index (χ1v) is 15.4. The number of carbonyl (C=O) groups is 2. The molecular weight excluding hydrogens is 534 g/mol. The Bertz CT molecular complexity index is 1610. The van der Waals surface area contributed by atoms with Gasteiger partial charge in [-0.05, 0) is 80.1 Å². The van der Waals surface area contributed by atoms with Crippen LogP contribution in [0.15, 0.2) is 60.7 Å². The van der Waals surface area contributed by atoms with E-state index in [1.54, 1.807) is 12.0 Å². The number of methoxy groups -OCH3 is 1. The third-order valence-electron chi connectivity index (χ3n) is 8.67. The normalized spacial score (nSPS) is 20.7. The second-order valence-corrected chi connectivity index (χ2v) is 12.4. The Morgan fingerprint density at radius 3 is 2.78 bits per heavy atom. The number of anilines is 2. The molecule has 2 fully saturated rings. The minimum absolute atomic E-state index is 0.0315. The molecule has 4 aromatic rings. The highest BCUT2D eigenvalue weighted by Gasteiger charge is 2.41. The Morgan fingerprint density at radius 2 is 1.93 bits per heavy atom. The fourth-order valence-electron chi connectivity index (χ4n) is 6.47. The van der Waals surface area contributed by atoms with E-state index in [0.29, 0.717) is 25.4 Å². The van der Waals surface area contributed by atoms with Crippen molar-refractivity contribution in [2.45, 2.75) is 37.6 Å². The van der Waals surface area contributed by atoms with Crippen molar-refractivity contribution in [2.75, 3.05) is 49.8 Å². The van der Waals surface area contributed by atoms with Crippen LogP contribution in [0.2, 0.25) is 0 Å². The highest BCUT2D eigenvalue weighted by atomic mass is 32.1. The molecule has 1 N–H and O–H groups in total. The SMILES string of the molecule is COCCCN1C(=O)COc2ccc(N(C(=O)[C@H]3CNCC[C@@H]3c3ccc4sc5ccccc5c4c3)C3CC3)cc21. The van der Waals surface area contributed by atoms with E-state index in [-0.39, 0.29) is 36.3 Å². The van der Waals surface area contributed by atoms with Gasteiger partial charge in [0.05, 0.1) is 11.6 Å². The topological polar surface area (TPSA) is 71.1 Å². The maximum absolute atomic E-state index is 14.5. The highest BCUT2D eigenvalue weighted by molar-refractivity contribution is 7.25. The number of hydrogen-bond donors (Lipinski definition) is 1. The molecule has 1 aliphatic carbocycles. The van der Waals surface area contributed by atoms with Crippen LogP contribution >= 0.6 is 11.3 Å². The van der Waals surface area contributed by atoms with E-state index in [2.05, 4.69) is 47.8 Å². The molecule has 1 saturated carbocycles. The maximum atomic E-state index is 14.5. The van der Waals surface area contributed by atoms with Gasteiger partial charge in [0.25, 0.3) is 5.91 Å². The fourth-order valence-corrected chi connectivity index (χ4v) is 7.56. The molecule has 3 aliphatic rings. The molecule has 0 spiro atoms. The zero-order valence-electron chi connectivity index (χ0n) is 23.3. The average molecular weight is 570 g/mol. The zero-order chi connectivity index (χ0) is 27.9. The molecule has 3 heterocycles. The highest BCUT2D eigenvalue weighted by Crippen LogP contribution is 2.43. The summed E-state index contributed by atoms with van der Waals surface area (Å²) in [5.74, 6) is 0.749. The third-order valence-corrected chi connectivity index (χ3v) is 9.82. The predicted molar refractivity (Wildman–Crippen MR) is 164 cm³/mol. The molecule has 7 rings (SSSR count). The van der Waals surface area contributed by atoms with Gasteiger partial charge in [0.1, 0.15) is 5.75 Å². The summed E-state index contributed by atoms with van der Waals surface area (Å²) in [4.78, 5) is 31.1. The van der Waals surface area contributed by atoms with Gasteiger partial charge in [0, 0.05) is 58.7 Å². The second kappa shape index (κ2) is 11.1. The maximum Gasteiger partial charge on any atom is 0.265 e. The molecular formula is C33H35N3O4S. The number of nitrogens with one attached hydrogen (secondary N) is 1. The first-order chi connectivity index (χ1) is 20.1. The molecule has 0 radical (unpaired) electrons. The lowest BCUT2D eigenvalue weighted by Gasteiger charge is -2.36. The first-order valence-electron chi connectivity index (χ1n) is 14.6. The molecule has 212 valence electrons. The number of carbonyl (C=O) groups excluding carboxylic acids is 2. The Kier molecular flexibility index (Phi) is 7.15. The van der Waals surface area contributed by atoms with Crippen LogP contribution in [0.5, 0.6) is 5.75 Å². The molecule has 1 saturated heterocycles. The number of amides is 2. The van der Waals surface area contributed by atoms with Gasteiger partial charge in [-0.3, -0.25) is 9.59 Å². The van der Waals surface area contributed by atoms with E-state index in [0.717, 1.165) is 43.6 Å². The number of hydrogen-bond acceptors (Lipinski definition) is 6. The lowest BCUT2D eigenvalue weighted by atomic mass is 9.80. The monoisotopic (exact) mass is 569 g/mol. The van der Waals surface area contributed by atoms with Crippen molar-refractivity contribution in [1.29, 1.82) is 0 Å². The largest absolute Gasteiger partial charge is 0.482 e. The van der Waals surface area contributed by atoms with E-state index in [9.17, 15) is 9.59 Å². The predicted octanol–water partition coefficient (Wildman–Crippen LogP) is 5.71. The van der Waals surface area contributed by atoms with E-state index >= 15 is 0 Å². The van der Waals surface area contributed by atoms with E-state index in [1.165, 1.54) is 25.7 Å². The van der Waals surface area contributed by atoms with Crippen molar-refractivity contribution in [2.24, 2.45) is 5.92 Å². The molecule has 2 aliphatic heterocycles. The number of ether oxygens (including phenoxy) is 2. The van der Waals surface area contributed by atoms with Gasteiger partial charge in [-0.15, -0.1) is 11.3 Å². The van der Waals surface area contributed by atoms with Crippen LogP contribution in [0.3, 0.4) is 0 Å². The molecule has 2 atom stereocenters. The molecule has 3 aromatic carbocycles. The molecule has 2 amide bonds. The number of piperidine rings is 1. The van der Waals surface area contributed by atoms with E-state index in [1.807, 2.05) is 34.4 Å². The van der Waals surface area contributed by atoms with Gasteiger partial charge < -0.3 is 24.6 Å². The number of fused-ring (bicyclic) bond motifs is 4. The minimum atomic E-state index is -0.168. The second-order valence-electron chi connectivity index (χ2n) is 11.3. The Hall–Kier alpha value is -3.46. The summed E-state index contributed by atoms with van der Waals surface area (Å²) in [5, 5.41) is 6.07. The Labute approximate surface area is 244 Å². The summed E-state index contributed by atoms with van der Waals surface area (Å²) in [6, 6.07) is 21.4. The summed E-state index contributed by atoms with van der Waals surface area (Å²) in [7, 11) is 1.67. The lowest BCUT2D eigenvalue weighted by Crippen LogP contribution is -2.47.